The summed E-state index contributed by atoms with van der Waals surface area (Å²) in [6.07, 6.45) is 11.9. The third-order valence-corrected chi connectivity index (χ3v) is 8.53. The number of aromatic carboxylic acids is 1. The van der Waals surface area contributed by atoms with Gasteiger partial charge < -0.3 is 14.6 Å². The van der Waals surface area contributed by atoms with Crippen molar-refractivity contribution in [1.29, 1.82) is 0 Å². The van der Waals surface area contributed by atoms with Gasteiger partial charge in [-0.05, 0) is 68.0 Å². The molecule has 2 aliphatic heterocycles. The largest absolute Gasteiger partial charge is 0.478 e. The molecule has 3 fully saturated rings. The lowest BCUT2D eigenvalue weighted by molar-refractivity contribution is -0.134. The Hall–Kier alpha value is -3.19. The van der Waals surface area contributed by atoms with E-state index in [-0.39, 0.29) is 18.0 Å². The Morgan fingerprint density at radius 1 is 1.00 bits per heavy atom. The van der Waals surface area contributed by atoms with Crippen LogP contribution in [0.5, 0.6) is 0 Å². The van der Waals surface area contributed by atoms with Gasteiger partial charge in [-0.2, -0.15) is 0 Å². The van der Waals surface area contributed by atoms with Crippen molar-refractivity contribution >= 4 is 22.8 Å². The molecule has 36 heavy (non-hydrogen) atoms. The molecule has 2 aromatic heterocycles. The lowest BCUT2D eigenvalue weighted by Gasteiger charge is -2.37. The lowest BCUT2D eigenvalue weighted by atomic mass is 9.82. The summed E-state index contributed by atoms with van der Waals surface area (Å²) in [5, 5.41) is 10.8. The second-order valence-corrected chi connectivity index (χ2v) is 10.6. The molecule has 1 amide bonds. The maximum Gasteiger partial charge on any atom is 0.335 e. The highest BCUT2D eigenvalue weighted by Crippen LogP contribution is 2.44. The van der Waals surface area contributed by atoms with E-state index in [4.69, 9.17) is 0 Å². The molecule has 1 atom stereocenters. The topological polar surface area (TPSA) is 78.7 Å². The van der Waals surface area contributed by atoms with Gasteiger partial charge in [0.2, 0.25) is 5.91 Å². The van der Waals surface area contributed by atoms with Crippen LogP contribution in [0.3, 0.4) is 0 Å². The van der Waals surface area contributed by atoms with E-state index in [0.29, 0.717) is 12.0 Å². The minimum Gasteiger partial charge on any atom is -0.478 e. The quantitative estimate of drug-likeness (QED) is 0.563. The van der Waals surface area contributed by atoms with E-state index in [1.54, 1.807) is 18.3 Å². The van der Waals surface area contributed by atoms with Crippen LogP contribution in [-0.2, 0) is 11.3 Å². The van der Waals surface area contributed by atoms with Crippen molar-refractivity contribution in [3.63, 3.8) is 0 Å². The molecule has 1 aromatic carbocycles. The van der Waals surface area contributed by atoms with Gasteiger partial charge in [-0.25, -0.2) is 4.79 Å². The average Bonchev–Trinajstić information content (AvgIpc) is 3.51. The summed E-state index contributed by atoms with van der Waals surface area (Å²) in [6, 6.07) is 9.89. The number of carboxylic acid groups (broad SMARTS) is 1. The summed E-state index contributed by atoms with van der Waals surface area (Å²) in [4.78, 5) is 34.6. The van der Waals surface area contributed by atoms with E-state index >= 15 is 0 Å². The number of nitrogens with zero attached hydrogens (tertiary/aromatic N) is 4. The molecule has 7 heteroatoms. The van der Waals surface area contributed by atoms with Crippen molar-refractivity contribution in [2.24, 2.45) is 0 Å². The van der Waals surface area contributed by atoms with Crippen LogP contribution in [0.1, 0.15) is 66.8 Å². The molecular formula is C29H34N4O3. The molecule has 3 aromatic rings. The molecule has 2 saturated heterocycles. The molecule has 1 saturated carbocycles. The normalized spacial score (nSPS) is 21.1. The zero-order valence-electron chi connectivity index (χ0n) is 20.7. The third-order valence-electron chi connectivity index (χ3n) is 8.53. The van der Waals surface area contributed by atoms with Gasteiger partial charge in [0.05, 0.1) is 16.8 Å². The van der Waals surface area contributed by atoms with E-state index in [9.17, 15) is 14.7 Å². The van der Waals surface area contributed by atoms with Crippen LogP contribution in [0.25, 0.3) is 22.2 Å². The van der Waals surface area contributed by atoms with Crippen molar-refractivity contribution < 1.29 is 14.7 Å². The average molecular weight is 487 g/mol. The molecule has 3 aliphatic rings. The number of piperazine rings is 1. The molecule has 0 radical (unpaired) electrons. The maximum atomic E-state index is 13.7. The van der Waals surface area contributed by atoms with Crippen LogP contribution < -0.4 is 0 Å². The fraction of sp³-hybridized carbons (Fsp3) is 0.483. The van der Waals surface area contributed by atoms with Crippen LogP contribution >= 0.6 is 0 Å². The smallest absolute Gasteiger partial charge is 0.335 e. The van der Waals surface area contributed by atoms with Crippen molar-refractivity contribution in [2.75, 3.05) is 26.2 Å². The second kappa shape index (κ2) is 9.69. The molecular weight excluding hydrogens is 452 g/mol. The van der Waals surface area contributed by atoms with Crippen molar-refractivity contribution in [1.82, 2.24) is 19.4 Å². The van der Waals surface area contributed by atoms with Gasteiger partial charge in [-0.3, -0.25) is 14.7 Å². The number of hydrogen-bond donors (Lipinski definition) is 1. The van der Waals surface area contributed by atoms with Crippen LogP contribution in [0, 0.1) is 0 Å². The Morgan fingerprint density at radius 2 is 1.86 bits per heavy atom. The molecule has 0 spiro atoms. The molecule has 1 N–H and O–H groups in total. The van der Waals surface area contributed by atoms with Crippen molar-refractivity contribution in [2.45, 2.75) is 63.5 Å². The van der Waals surface area contributed by atoms with Crippen molar-refractivity contribution in [3.05, 3.63) is 53.9 Å². The monoisotopic (exact) mass is 486 g/mol. The number of carbonyl (C=O) groups is 2. The molecule has 7 nitrogen and oxygen atoms in total. The van der Waals surface area contributed by atoms with Crippen LogP contribution in [0.2, 0.25) is 0 Å². The summed E-state index contributed by atoms with van der Waals surface area (Å²) in [5.74, 6) is -0.444. The van der Waals surface area contributed by atoms with Crippen LogP contribution in [0.15, 0.2) is 42.7 Å². The Kier molecular flexibility index (Phi) is 6.25. The maximum absolute atomic E-state index is 13.7. The summed E-state index contributed by atoms with van der Waals surface area (Å²) < 4.78 is 2.09. The van der Waals surface area contributed by atoms with Gasteiger partial charge in [0.15, 0.2) is 0 Å². The third kappa shape index (κ3) is 4.19. The number of amides is 1. The zero-order valence-corrected chi connectivity index (χ0v) is 20.7. The van der Waals surface area contributed by atoms with Gasteiger partial charge in [0, 0.05) is 49.0 Å². The van der Waals surface area contributed by atoms with Crippen molar-refractivity contribution in [3.8, 4) is 11.3 Å². The summed E-state index contributed by atoms with van der Waals surface area (Å²) >= 11 is 0. The number of aromatic nitrogens is 2. The van der Waals surface area contributed by atoms with E-state index < -0.39 is 5.97 Å². The highest BCUT2D eigenvalue weighted by Gasteiger charge is 2.34. The van der Waals surface area contributed by atoms with E-state index in [0.717, 1.165) is 67.6 Å². The van der Waals surface area contributed by atoms with Crippen LogP contribution in [-0.4, -0.2) is 68.6 Å². The minimum atomic E-state index is -0.949. The summed E-state index contributed by atoms with van der Waals surface area (Å²) in [5.41, 5.74) is 4.35. The molecule has 6 rings (SSSR count). The molecule has 1 aliphatic carbocycles. The highest BCUT2D eigenvalue weighted by atomic mass is 16.4. The first-order chi connectivity index (χ1) is 17.6. The zero-order chi connectivity index (χ0) is 24.6. The molecule has 4 heterocycles. The SMILES string of the molecule is O=C(O)c1ccc2c(C3CCCCC3)c(-c3cccnc3)n(CC(=O)N3CCN4CCCC4C3)c2c1. The van der Waals surface area contributed by atoms with Gasteiger partial charge in [0.25, 0.3) is 0 Å². The summed E-state index contributed by atoms with van der Waals surface area (Å²) in [6.45, 7) is 3.84. The Bertz CT molecular complexity index is 1280. The molecule has 1 unspecified atom stereocenters. The fourth-order valence-corrected chi connectivity index (χ4v) is 6.74. The number of carboxylic acids is 1. The van der Waals surface area contributed by atoms with Gasteiger partial charge in [-0.15, -0.1) is 0 Å². The van der Waals surface area contributed by atoms with E-state index in [2.05, 4.69) is 20.5 Å². The van der Waals surface area contributed by atoms with Crippen LogP contribution in [0.4, 0.5) is 0 Å². The fourth-order valence-electron chi connectivity index (χ4n) is 6.74. The first kappa shape index (κ1) is 23.2. The van der Waals surface area contributed by atoms with E-state index in [1.807, 2.05) is 23.2 Å². The number of rotatable bonds is 5. The minimum absolute atomic E-state index is 0.111. The van der Waals surface area contributed by atoms with Gasteiger partial charge in [0.1, 0.15) is 6.54 Å². The number of benzene rings is 1. The first-order valence-electron chi connectivity index (χ1n) is 13.4. The number of pyridine rings is 1. The Balaban J connectivity index is 1.47. The lowest BCUT2D eigenvalue weighted by Crippen LogP contribution is -2.52. The highest BCUT2D eigenvalue weighted by molar-refractivity contribution is 5.99. The Labute approximate surface area is 211 Å². The first-order valence-corrected chi connectivity index (χ1v) is 13.4. The predicted molar refractivity (Wildman–Crippen MR) is 139 cm³/mol. The number of hydrogen-bond acceptors (Lipinski definition) is 4. The Morgan fingerprint density at radius 3 is 2.64 bits per heavy atom. The molecule has 188 valence electrons. The summed E-state index contributed by atoms with van der Waals surface area (Å²) in [7, 11) is 0. The second-order valence-electron chi connectivity index (χ2n) is 10.6. The predicted octanol–water partition coefficient (Wildman–Crippen LogP) is 4.76. The number of carbonyl (C=O) groups excluding carboxylic acids is 1. The van der Waals surface area contributed by atoms with E-state index in [1.165, 1.54) is 31.2 Å². The van der Waals surface area contributed by atoms with Gasteiger partial charge in [-0.1, -0.05) is 25.3 Å². The number of fused-ring (bicyclic) bond motifs is 2. The molecule has 0 bridgehead atoms. The van der Waals surface area contributed by atoms with Gasteiger partial charge >= 0.3 is 5.97 Å². The standard InChI is InChI=1S/C29H34N4O3/c34-26(32-15-14-31-13-5-9-23(31)18-32)19-33-25-16-21(29(35)36)10-11-24(25)27(20-6-2-1-3-7-20)28(33)22-8-4-12-30-17-22/h4,8,10-12,16-17,20,23H,1-3,5-7,9,13-15,18-19H2,(H,35,36).